The fourth-order valence-electron chi connectivity index (χ4n) is 5.17. The van der Waals surface area contributed by atoms with E-state index in [0.717, 1.165) is 17.2 Å². The van der Waals surface area contributed by atoms with Gasteiger partial charge < -0.3 is 19.2 Å². The van der Waals surface area contributed by atoms with Crippen LogP contribution in [0.4, 0.5) is 0 Å². The lowest BCUT2D eigenvalue weighted by molar-refractivity contribution is -0.130. The van der Waals surface area contributed by atoms with Crippen molar-refractivity contribution in [3.05, 3.63) is 35.6 Å². The molecule has 1 amide bonds. The third-order valence-electron chi connectivity index (χ3n) is 6.63. The van der Waals surface area contributed by atoms with Crippen molar-refractivity contribution in [3.8, 4) is 0 Å². The van der Waals surface area contributed by atoms with Crippen molar-refractivity contribution < 1.29 is 23.5 Å². The summed E-state index contributed by atoms with van der Waals surface area (Å²) in [7, 11) is 1.56. The van der Waals surface area contributed by atoms with Crippen molar-refractivity contribution in [3.63, 3.8) is 0 Å². The fraction of sp³-hybridized carbons (Fsp3) is 0.565. The quantitative estimate of drug-likeness (QED) is 0.710. The first-order valence-electron chi connectivity index (χ1n) is 10.5. The van der Waals surface area contributed by atoms with Crippen LogP contribution in [0.1, 0.15) is 55.6 Å². The summed E-state index contributed by atoms with van der Waals surface area (Å²) in [6.45, 7) is 3.89. The summed E-state index contributed by atoms with van der Waals surface area (Å²) in [5.74, 6) is 1.26. The number of fused-ring (bicyclic) bond motifs is 3. The van der Waals surface area contributed by atoms with Gasteiger partial charge in [-0.25, -0.2) is 4.79 Å². The molecule has 4 rings (SSSR count). The topological polar surface area (TPSA) is 77.8 Å². The molecule has 6 heteroatoms. The highest BCUT2D eigenvalue weighted by molar-refractivity contribution is 5.97. The van der Waals surface area contributed by atoms with E-state index in [1.807, 2.05) is 18.2 Å². The maximum atomic E-state index is 12.7. The lowest BCUT2D eigenvalue weighted by Gasteiger charge is -2.29. The number of hydrogen-bond acceptors (Lipinski definition) is 5. The Bertz CT molecular complexity index is 904. The summed E-state index contributed by atoms with van der Waals surface area (Å²) in [5, 5.41) is 3.87. The summed E-state index contributed by atoms with van der Waals surface area (Å²) in [6, 6.07) is 7.47. The largest absolute Gasteiger partial charge is 0.449 e. The van der Waals surface area contributed by atoms with Gasteiger partial charge in [0.05, 0.1) is 6.61 Å². The van der Waals surface area contributed by atoms with Crippen molar-refractivity contribution in [2.45, 2.75) is 58.3 Å². The second kappa shape index (κ2) is 8.19. The number of furan rings is 1. The SMILES string of the molecule is COCc1c(C(=O)O[C@H](C)C(=O)N[C@@H](C)[C@H]2C[C@H]3CC[C@H]2C3)oc2ccccc12. The van der Waals surface area contributed by atoms with E-state index in [4.69, 9.17) is 13.9 Å². The van der Waals surface area contributed by atoms with Gasteiger partial charge in [-0.1, -0.05) is 24.6 Å². The minimum Gasteiger partial charge on any atom is -0.449 e. The summed E-state index contributed by atoms with van der Waals surface area (Å²) in [6.07, 6.45) is 4.20. The summed E-state index contributed by atoms with van der Waals surface area (Å²) in [5.41, 5.74) is 1.23. The molecule has 1 N–H and O–H groups in total. The molecule has 0 aliphatic heterocycles. The zero-order valence-corrected chi connectivity index (χ0v) is 17.3. The number of para-hydroxylation sites is 1. The van der Waals surface area contributed by atoms with Crippen LogP contribution in [0.3, 0.4) is 0 Å². The predicted molar refractivity (Wildman–Crippen MR) is 108 cm³/mol. The van der Waals surface area contributed by atoms with E-state index in [0.29, 0.717) is 17.1 Å². The molecule has 2 aliphatic carbocycles. The van der Waals surface area contributed by atoms with E-state index in [2.05, 4.69) is 12.2 Å². The van der Waals surface area contributed by atoms with Gasteiger partial charge >= 0.3 is 5.97 Å². The molecule has 29 heavy (non-hydrogen) atoms. The van der Waals surface area contributed by atoms with Gasteiger partial charge in [0.1, 0.15) is 5.58 Å². The molecule has 2 saturated carbocycles. The summed E-state index contributed by atoms with van der Waals surface area (Å²) >= 11 is 0. The van der Waals surface area contributed by atoms with Gasteiger partial charge in [-0.3, -0.25) is 4.79 Å². The second-order valence-electron chi connectivity index (χ2n) is 8.52. The number of amides is 1. The number of benzene rings is 1. The molecule has 156 valence electrons. The Morgan fingerprint density at radius 2 is 2.00 bits per heavy atom. The van der Waals surface area contributed by atoms with Crippen molar-refractivity contribution in [1.29, 1.82) is 0 Å². The molecule has 5 atom stereocenters. The van der Waals surface area contributed by atoms with Crippen LogP contribution in [-0.2, 0) is 20.9 Å². The van der Waals surface area contributed by atoms with Crippen LogP contribution in [0.15, 0.2) is 28.7 Å². The smallest absolute Gasteiger partial charge is 0.375 e. The molecule has 0 spiro atoms. The molecular weight excluding hydrogens is 370 g/mol. The minimum absolute atomic E-state index is 0.0915. The number of methoxy groups -OCH3 is 1. The zero-order chi connectivity index (χ0) is 20.5. The first-order valence-corrected chi connectivity index (χ1v) is 10.5. The average Bonchev–Trinajstić information content (AvgIpc) is 3.42. The molecule has 2 aromatic rings. The van der Waals surface area contributed by atoms with E-state index < -0.39 is 12.1 Å². The Balaban J connectivity index is 1.40. The summed E-state index contributed by atoms with van der Waals surface area (Å²) < 4.78 is 16.4. The Labute approximate surface area is 170 Å². The van der Waals surface area contributed by atoms with Gasteiger partial charge in [0, 0.05) is 24.1 Å². The lowest BCUT2D eigenvalue weighted by Crippen LogP contribution is -2.45. The molecule has 0 radical (unpaired) electrons. The highest BCUT2D eigenvalue weighted by atomic mass is 16.6. The van der Waals surface area contributed by atoms with Gasteiger partial charge in [-0.2, -0.15) is 0 Å². The zero-order valence-electron chi connectivity index (χ0n) is 17.3. The third-order valence-corrected chi connectivity index (χ3v) is 6.63. The fourth-order valence-corrected chi connectivity index (χ4v) is 5.17. The van der Waals surface area contributed by atoms with E-state index in [1.165, 1.54) is 25.7 Å². The Hall–Kier alpha value is -2.34. The molecule has 1 aromatic heterocycles. The van der Waals surface area contributed by atoms with Crippen molar-refractivity contribution >= 4 is 22.8 Å². The third kappa shape index (κ3) is 3.90. The highest BCUT2D eigenvalue weighted by Gasteiger charge is 2.42. The normalized spacial score (nSPS) is 25.1. The number of esters is 1. The van der Waals surface area contributed by atoms with Gasteiger partial charge in [0.25, 0.3) is 5.91 Å². The Morgan fingerprint density at radius 1 is 1.21 bits per heavy atom. The number of hydrogen-bond donors (Lipinski definition) is 1. The molecule has 1 heterocycles. The maximum Gasteiger partial charge on any atom is 0.375 e. The molecular formula is C23H29NO5. The Morgan fingerprint density at radius 3 is 2.69 bits per heavy atom. The first kappa shape index (κ1) is 20.0. The van der Waals surface area contributed by atoms with Crippen molar-refractivity contribution in [1.82, 2.24) is 5.32 Å². The van der Waals surface area contributed by atoms with Crippen LogP contribution in [-0.4, -0.2) is 31.1 Å². The Kier molecular flexibility index (Phi) is 5.63. The van der Waals surface area contributed by atoms with Crippen LogP contribution in [0.2, 0.25) is 0 Å². The van der Waals surface area contributed by atoms with E-state index in [-0.39, 0.29) is 24.3 Å². The molecule has 6 nitrogen and oxygen atoms in total. The number of carbonyl (C=O) groups is 2. The van der Waals surface area contributed by atoms with Gasteiger partial charge in [0.2, 0.25) is 5.76 Å². The minimum atomic E-state index is -0.896. The summed E-state index contributed by atoms with van der Waals surface area (Å²) in [4.78, 5) is 25.3. The van der Waals surface area contributed by atoms with Gasteiger partial charge in [-0.05, 0) is 56.9 Å². The van der Waals surface area contributed by atoms with E-state index in [1.54, 1.807) is 20.1 Å². The second-order valence-corrected chi connectivity index (χ2v) is 8.52. The standard InChI is InChI=1S/C23H29NO5/c1-13(18-11-15-8-9-16(18)10-15)24-22(25)14(2)28-23(26)21-19(12-27-3)17-6-4-5-7-20(17)29-21/h4-7,13-16,18H,8-12H2,1-3H3,(H,24,25)/t13-,14+,15-,16-,18+/m0/s1. The monoisotopic (exact) mass is 399 g/mol. The van der Waals surface area contributed by atoms with E-state index in [9.17, 15) is 9.59 Å². The number of ether oxygens (including phenoxy) is 2. The molecule has 1 aromatic carbocycles. The average molecular weight is 399 g/mol. The van der Waals surface area contributed by atoms with E-state index >= 15 is 0 Å². The maximum absolute atomic E-state index is 12.7. The van der Waals surface area contributed by atoms with Crippen molar-refractivity contribution in [2.75, 3.05) is 7.11 Å². The van der Waals surface area contributed by atoms with Crippen LogP contribution >= 0.6 is 0 Å². The molecule has 0 unspecified atom stereocenters. The van der Waals surface area contributed by atoms with Crippen LogP contribution in [0.25, 0.3) is 11.0 Å². The number of nitrogens with one attached hydrogen (secondary N) is 1. The van der Waals surface area contributed by atoms with Gasteiger partial charge in [-0.15, -0.1) is 0 Å². The van der Waals surface area contributed by atoms with Crippen molar-refractivity contribution in [2.24, 2.45) is 17.8 Å². The highest BCUT2D eigenvalue weighted by Crippen LogP contribution is 2.49. The lowest BCUT2D eigenvalue weighted by atomic mass is 9.84. The van der Waals surface area contributed by atoms with Crippen LogP contribution < -0.4 is 5.32 Å². The number of carbonyl (C=O) groups excluding carboxylic acids is 2. The van der Waals surface area contributed by atoms with Gasteiger partial charge in [0.15, 0.2) is 6.10 Å². The predicted octanol–water partition coefficient (Wildman–Crippen LogP) is 4.07. The van der Waals surface area contributed by atoms with Crippen LogP contribution in [0, 0.1) is 17.8 Å². The molecule has 0 saturated heterocycles. The van der Waals surface area contributed by atoms with Crippen LogP contribution in [0.5, 0.6) is 0 Å². The molecule has 2 aliphatic rings. The molecule has 2 fully saturated rings. The molecule has 2 bridgehead atoms. The first-order chi connectivity index (χ1) is 14.0. The number of rotatable bonds is 7.